The molecule has 0 saturated carbocycles. The Bertz CT molecular complexity index is 997. The van der Waals surface area contributed by atoms with Gasteiger partial charge in [0.2, 0.25) is 0 Å². The summed E-state index contributed by atoms with van der Waals surface area (Å²) in [6.07, 6.45) is 0. The molecule has 0 bridgehead atoms. The molecule has 0 saturated heterocycles. The maximum absolute atomic E-state index is 10.6. The number of aromatic nitrogens is 1. The van der Waals surface area contributed by atoms with E-state index in [2.05, 4.69) is 47.9 Å². The number of nitrogens with zero attached hydrogens (tertiary/aromatic N) is 1. The zero-order valence-corrected chi connectivity index (χ0v) is 12.7. The fraction of sp³-hybridized carbons (Fsp3) is 0.100. The third-order valence-corrected chi connectivity index (χ3v) is 4.35. The molecule has 0 spiro atoms. The Hall–Kier alpha value is -2.74. The fourth-order valence-electron chi connectivity index (χ4n) is 3.22. The Morgan fingerprint density at radius 2 is 1.59 bits per heavy atom. The summed E-state index contributed by atoms with van der Waals surface area (Å²) in [4.78, 5) is 0. The van der Waals surface area contributed by atoms with Crippen molar-refractivity contribution in [2.45, 2.75) is 6.92 Å². The molecule has 0 amide bonds. The molecule has 1 heterocycles. The van der Waals surface area contributed by atoms with Crippen molar-refractivity contribution in [1.82, 2.24) is 4.57 Å². The fourth-order valence-corrected chi connectivity index (χ4v) is 3.22. The Kier molecular flexibility index (Phi) is 2.73. The lowest BCUT2D eigenvalue weighted by atomic mass is 10.0. The van der Waals surface area contributed by atoms with Gasteiger partial charge in [0.25, 0.3) is 0 Å². The van der Waals surface area contributed by atoms with E-state index >= 15 is 0 Å². The quantitative estimate of drug-likeness (QED) is 0.523. The lowest BCUT2D eigenvalue weighted by Gasteiger charge is -2.05. The van der Waals surface area contributed by atoms with E-state index in [0.29, 0.717) is 5.75 Å². The third kappa shape index (κ3) is 1.81. The number of phenolic OH excluding ortho intramolecular Hbond substituents is 1. The van der Waals surface area contributed by atoms with Gasteiger partial charge in [-0.1, -0.05) is 42.0 Å². The lowest BCUT2D eigenvalue weighted by molar-refractivity contribution is 0.482. The Morgan fingerprint density at radius 3 is 2.36 bits per heavy atom. The van der Waals surface area contributed by atoms with Crippen LogP contribution in [0.25, 0.3) is 32.9 Å². The summed E-state index contributed by atoms with van der Waals surface area (Å²) in [5.41, 5.74) is 5.54. The van der Waals surface area contributed by atoms with Crippen LogP contribution in [0.15, 0.2) is 60.7 Å². The number of benzene rings is 3. The van der Waals surface area contributed by atoms with E-state index < -0.39 is 0 Å². The van der Waals surface area contributed by atoms with Gasteiger partial charge in [-0.2, -0.15) is 0 Å². The Morgan fingerprint density at radius 1 is 0.818 bits per heavy atom. The maximum Gasteiger partial charge on any atom is 0.126 e. The van der Waals surface area contributed by atoms with Gasteiger partial charge >= 0.3 is 0 Å². The third-order valence-electron chi connectivity index (χ3n) is 4.35. The molecule has 108 valence electrons. The first kappa shape index (κ1) is 13.0. The molecule has 0 aliphatic heterocycles. The van der Waals surface area contributed by atoms with Crippen LogP contribution in [0.2, 0.25) is 0 Å². The number of fused-ring (bicyclic) bond motifs is 3. The van der Waals surface area contributed by atoms with Gasteiger partial charge in [0, 0.05) is 23.3 Å². The predicted octanol–water partition coefficient (Wildman–Crippen LogP) is 5.01. The molecule has 0 unspecified atom stereocenters. The molecule has 1 aromatic heterocycles. The van der Waals surface area contributed by atoms with Gasteiger partial charge in [0.15, 0.2) is 0 Å². The SMILES string of the molecule is Cc1ccc2c(c1)c1c(O)cc(-c3ccccc3)cc1n2C. The van der Waals surface area contributed by atoms with Gasteiger partial charge in [0.05, 0.1) is 5.52 Å². The predicted molar refractivity (Wildman–Crippen MR) is 92.3 cm³/mol. The molecule has 22 heavy (non-hydrogen) atoms. The average Bonchev–Trinajstić information content (AvgIpc) is 2.81. The second kappa shape index (κ2) is 4.63. The number of rotatable bonds is 1. The normalized spacial score (nSPS) is 11.4. The van der Waals surface area contributed by atoms with Crippen molar-refractivity contribution < 1.29 is 5.11 Å². The number of phenols is 1. The Labute approximate surface area is 129 Å². The van der Waals surface area contributed by atoms with Gasteiger partial charge < -0.3 is 9.67 Å². The van der Waals surface area contributed by atoms with Crippen LogP contribution < -0.4 is 0 Å². The summed E-state index contributed by atoms with van der Waals surface area (Å²) in [7, 11) is 2.05. The molecular formula is C20H17NO. The molecule has 1 N–H and O–H groups in total. The second-order valence-corrected chi connectivity index (χ2v) is 5.84. The molecule has 4 rings (SSSR count). The molecule has 2 heteroatoms. The van der Waals surface area contributed by atoms with Crippen molar-refractivity contribution in [1.29, 1.82) is 0 Å². The highest BCUT2D eigenvalue weighted by Gasteiger charge is 2.13. The van der Waals surface area contributed by atoms with E-state index in [4.69, 9.17) is 0 Å². The van der Waals surface area contributed by atoms with Crippen molar-refractivity contribution in [3.05, 3.63) is 66.2 Å². The van der Waals surface area contributed by atoms with Crippen LogP contribution in [0.4, 0.5) is 0 Å². The molecule has 0 aliphatic carbocycles. The first-order chi connectivity index (χ1) is 10.6. The van der Waals surface area contributed by atoms with E-state index in [1.54, 1.807) is 0 Å². The zero-order chi connectivity index (χ0) is 15.3. The molecule has 3 aromatic carbocycles. The highest BCUT2D eigenvalue weighted by molar-refractivity contribution is 6.12. The summed E-state index contributed by atoms with van der Waals surface area (Å²) in [5.74, 6) is 0.340. The smallest absolute Gasteiger partial charge is 0.126 e. The van der Waals surface area contributed by atoms with E-state index in [1.807, 2.05) is 31.3 Å². The number of hydrogen-bond acceptors (Lipinski definition) is 1. The maximum atomic E-state index is 10.6. The highest BCUT2D eigenvalue weighted by Crippen LogP contribution is 2.38. The van der Waals surface area contributed by atoms with Gasteiger partial charge in [0.1, 0.15) is 5.75 Å². The minimum Gasteiger partial charge on any atom is -0.507 e. The molecule has 0 atom stereocenters. The largest absolute Gasteiger partial charge is 0.507 e. The van der Waals surface area contributed by atoms with Crippen molar-refractivity contribution in [3.8, 4) is 16.9 Å². The van der Waals surface area contributed by atoms with E-state index in [0.717, 1.165) is 32.9 Å². The van der Waals surface area contributed by atoms with E-state index in [-0.39, 0.29) is 0 Å². The monoisotopic (exact) mass is 287 g/mol. The summed E-state index contributed by atoms with van der Waals surface area (Å²) in [6.45, 7) is 2.08. The average molecular weight is 287 g/mol. The molecule has 0 radical (unpaired) electrons. The number of aromatic hydroxyl groups is 1. The minimum absolute atomic E-state index is 0.340. The van der Waals surface area contributed by atoms with Crippen LogP contribution in [0.5, 0.6) is 5.75 Å². The standard InChI is InChI=1S/C20H17NO/c1-13-8-9-17-16(10-13)20-18(21(17)2)11-15(12-19(20)22)14-6-4-3-5-7-14/h3-12,22H,1-2H3. The molecule has 4 aromatic rings. The number of aryl methyl sites for hydroxylation is 2. The van der Waals surface area contributed by atoms with E-state index in [9.17, 15) is 5.11 Å². The van der Waals surface area contributed by atoms with Crippen LogP contribution in [-0.2, 0) is 7.05 Å². The van der Waals surface area contributed by atoms with Crippen LogP contribution in [-0.4, -0.2) is 9.67 Å². The minimum atomic E-state index is 0.340. The highest BCUT2D eigenvalue weighted by atomic mass is 16.3. The zero-order valence-electron chi connectivity index (χ0n) is 12.7. The molecule has 0 aliphatic rings. The summed E-state index contributed by atoms with van der Waals surface area (Å²) >= 11 is 0. The van der Waals surface area contributed by atoms with Crippen molar-refractivity contribution in [2.24, 2.45) is 7.05 Å². The molecular weight excluding hydrogens is 270 g/mol. The van der Waals surface area contributed by atoms with Crippen molar-refractivity contribution in [3.63, 3.8) is 0 Å². The topological polar surface area (TPSA) is 25.2 Å². The van der Waals surface area contributed by atoms with Crippen LogP contribution in [0.1, 0.15) is 5.56 Å². The molecule has 2 nitrogen and oxygen atoms in total. The first-order valence-corrected chi connectivity index (χ1v) is 7.42. The summed E-state index contributed by atoms with van der Waals surface area (Å²) in [6, 6.07) is 20.5. The Balaban J connectivity index is 2.11. The van der Waals surface area contributed by atoms with Crippen molar-refractivity contribution in [2.75, 3.05) is 0 Å². The second-order valence-electron chi connectivity index (χ2n) is 5.84. The number of hydrogen-bond donors (Lipinski definition) is 1. The molecule has 0 fully saturated rings. The summed E-state index contributed by atoms with van der Waals surface area (Å²) < 4.78 is 2.15. The van der Waals surface area contributed by atoms with Gasteiger partial charge in [-0.05, 0) is 42.3 Å². The van der Waals surface area contributed by atoms with Gasteiger partial charge in [-0.15, -0.1) is 0 Å². The van der Waals surface area contributed by atoms with E-state index in [1.165, 1.54) is 5.56 Å². The van der Waals surface area contributed by atoms with Crippen LogP contribution in [0, 0.1) is 6.92 Å². The lowest BCUT2D eigenvalue weighted by Crippen LogP contribution is -1.87. The van der Waals surface area contributed by atoms with Gasteiger partial charge in [-0.25, -0.2) is 0 Å². The summed E-state index contributed by atoms with van der Waals surface area (Å²) in [5, 5.41) is 12.6. The van der Waals surface area contributed by atoms with Gasteiger partial charge in [-0.3, -0.25) is 0 Å². The van der Waals surface area contributed by atoms with Crippen LogP contribution >= 0.6 is 0 Å². The van der Waals surface area contributed by atoms with Crippen molar-refractivity contribution >= 4 is 21.8 Å². The first-order valence-electron chi connectivity index (χ1n) is 7.42. The van der Waals surface area contributed by atoms with Crippen LogP contribution in [0.3, 0.4) is 0 Å².